The van der Waals surface area contributed by atoms with Gasteiger partial charge in [-0.15, -0.1) is 0 Å². The van der Waals surface area contributed by atoms with Gasteiger partial charge in [-0.1, -0.05) is 24.3 Å². The van der Waals surface area contributed by atoms with Crippen LogP contribution in [0.2, 0.25) is 0 Å². The van der Waals surface area contributed by atoms with Gasteiger partial charge in [0.05, 0.1) is 11.0 Å². The molecule has 0 spiro atoms. The lowest BCUT2D eigenvalue weighted by Crippen LogP contribution is -2.28. The molecule has 0 saturated carbocycles. The third kappa shape index (κ3) is 4.53. The maximum absolute atomic E-state index is 12.8. The Balaban J connectivity index is 1.34. The summed E-state index contributed by atoms with van der Waals surface area (Å²) in [5.74, 6) is -0.271. The number of para-hydroxylation sites is 1. The second kappa shape index (κ2) is 8.66. The maximum Gasteiger partial charge on any atom is 0.273 e. The summed E-state index contributed by atoms with van der Waals surface area (Å²) in [6.07, 6.45) is 0.834. The molecule has 0 radical (unpaired) electrons. The summed E-state index contributed by atoms with van der Waals surface area (Å²) < 4.78 is 5.32. The van der Waals surface area contributed by atoms with Gasteiger partial charge in [0.25, 0.3) is 17.5 Å². The van der Waals surface area contributed by atoms with Crippen molar-refractivity contribution in [2.45, 2.75) is 6.42 Å². The zero-order chi connectivity index (χ0) is 21.8. The number of hydrogen-bond acceptors (Lipinski definition) is 5. The highest BCUT2D eigenvalue weighted by Crippen LogP contribution is 2.29. The molecule has 0 atom stereocenters. The van der Waals surface area contributed by atoms with E-state index in [2.05, 4.69) is 5.32 Å². The number of fused-ring (bicyclic) bond motifs is 1. The molecule has 3 aromatic rings. The van der Waals surface area contributed by atoms with E-state index in [0.717, 1.165) is 17.7 Å². The van der Waals surface area contributed by atoms with Crippen LogP contribution in [0.1, 0.15) is 15.9 Å². The normalized spacial score (nSPS) is 12.2. The van der Waals surface area contributed by atoms with Crippen molar-refractivity contribution in [2.24, 2.45) is 0 Å². The van der Waals surface area contributed by atoms with E-state index in [9.17, 15) is 19.7 Å². The highest BCUT2D eigenvalue weighted by molar-refractivity contribution is 6.07. The Morgan fingerprint density at radius 3 is 2.58 bits per heavy atom. The van der Waals surface area contributed by atoms with E-state index < -0.39 is 10.8 Å². The summed E-state index contributed by atoms with van der Waals surface area (Å²) in [6.45, 7) is 0.345. The van der Waals surface area contributed by atoms with Crippen molar-refractivity contribution in [1.82, 2.24) is 0 Å². The van der Waals surface area contributed by atoms with Crippen LogP contribution in [-0.2, 0) is 11.2 Å². The lowest BCUT2D eigenvalue weighted by Gasteiger charge is -2.17. The highest BCUT2D eigenvalue weighted by atomic mass is 16.6. The fraction of sp³-hybridized carbons (Fsp3) is 0.130. The van der Waals surface area contributed by atoms with Crippen molar-refractivity contribution < 1.29 is 19.2 Å². The maximum atomic E-state index is 12.8. The first-order chi connectivity index (χ1) is 15.0. The molecule has 8 heteroatoms. The Kier molecular flexibility index (Phi) is 5.61. The SMILES string of the molecule is O=C(COc1cccc([N+](=O)[O-])c1)Nc1ccc(C(=O)N2CCc3ccccc32)cc1. The van der Waals surface area contributed by atoms with Gasteiger partial charge in [0, 0.05) is 29.5 Å². The predicted octanol–water partition coefficient (Wildman–Crippen LogP) is 3.82. The summed E-state index contributed by atoms with van der Waals surface area (Å²) in [4.78, 5) is 37.0. The van der Waals surface area contributed by atoms with Crippen LogP contribution in [0.25, 0.3) is 0 Å². The number of anilines is 2. The number of nitrogens with one attached hydrogen (secondary N) is 1. The molecule has 1 aliphatic heterocycles. The quantitative estimate of drug-likeness (QED) is 0.485. The molecule has 4 rings (SSSR count). The second-order valence-corrected chi connectivity index (χ2v) is 7.00. The number of amides is 2. The molecule has 1 aliphatic rings. The number of hydrogen-bond donors (Lipinski definition) is 1. The zero-order valence-electron chi connectivity index (χ0n) is 16.5. The van der Waals surface area contributed by atoms with E-state index in [-0.39, 0.29) is 24.0 Å². The summed E-state index contributed by atoms with van der Waals surface area (Å²) in [6, 6.07) is 20.1. The monoisotopic (exact) mass is 417 g/mol. The molecule has 0 aliphatic carbocycles. The lowest BCUT2D eigenvalue weighted by atomic mass is 10.1. The Labute approximate surface area is 178 Å². The first-order valence-corrected chi connectivity index (χ1v) is 9.68. The third-order valence-electron chi connectivity index (χ3n) is 4.95. The zero-order valence-corrected chi connectivity index (χ0v) is 16.5. The number of nitro groups is 1. The Morgan fingerprint density at radius 2 is 1.81 bits per heavy atom. The van der Waals surface area contributed by atoms with Crippen LogP contribution >= 0.6 is 0 Å². The number of benzene rings is 3. The van der Waals surface area contributed by atoms with Gasteiger partial charge in [-0.25, -0.2) is 0 Å². The van der Waals surface area contributed by atoms with E-state index in [4.69, 9.17) is 4.74 Å². The molecule has 0 unspecified atom stereocenters. The lowest BCUT2D eigenvalue weighted by molar-refractivity contribution is -0.384. The Hall–Kier alpha value is -4.20. The molecular weight excluding hydrogens is 398 g/mol. The standard InChI is InChI=1S/C23H19N3O5/c27-22(15-31-20-6-3-5-19(14-20)26(29)30)24-18-10-8-17(9-11-18)23(28)25-13-12-16-4-1-2-7-21(16)25/h1-11,14H,12-13,15H2,(H,24,27). The molecule has 0 saturated heterocycles. The van der Waals surface area contributed by atoms with Gasteiger partial charge in [-0.2, -0.15) is 0 Å². The minimum absolute atomic E-state index is 0.0863. The molecule has 1 N–H and O–H groups in total. The van der Waals surface area contributed by atoms with Gasteiger partial charge >= 0.3 is 0 Å². The number of ether oxygens (including phenoxy) is 1. The second-order valence-electron chi connectivity index (χ2n) is 7.00. The van der Waals surface area contributed by atoms with E-state index in [1.807, 2.05) is 24.3 Å². The number of carbonyl (C=O) groups is 2. The van der Waals surface area contributed by atoms with Gasteiger partial charge in [0.15, 0.2) is 6.61 Å². The number of rotatable bonds is 6. The van der Waals surface area contributed by atoms with Crippen LogP contribution in [-0.4, -0.2) is 29.9 Å². The molecular formula is C23H19N3O5. The summed E-state index contributed by atoms with van der Waals surface area (Å²) >= 11 is 0. The number of carbonyl (C=O) groups excluding carboxylic acids is 2. The van der Waals surface area contributed by atoms with E-state index in [1.165, 1.54) is 24.3 Å². The minimum atomic E-state index is -0.531. The third-order valence-corrected chi connectivity index (χ3v) is 4.95. The first-order valence-electron chi connectivity index (χ1n) is 9.68. The molecule has 31 heavy (non-hydrogen) atoms. The molecule has 0 fully saturated rings. The number of nitro benzene ring substituents is 1. The number of nitrogens with zero attached hydrogens (tertiary/aromatic N) is 2. The predicted molar refractivity (Wildman–Crippen MR) is 115 cm³/mol. The number of non-ortho nitro benzene ring substituents is 1. The smallest absolute Gasteiger partial charge is 0.273 e. The van der Waals surface area contributed by atoms with E-state index in [0.29, 0.717) is 17.8 Å². The average molecular weight is 417 g/mol. The molecule has 0 aromatic heterocycles. The van der Waals surface area contributed by atoms with E-state index >= 15 is 0 Å². The minimum Gasteiger partial charge on any atom is -0.484 e. The molecule has 8 nitrogen and oxygen atoms in total. The van der Waals surface area contributed by atoms with Gasteiger partial charge in [-0.05, 0) is 48.4 Å². The molecule has 0 bridgehead atoms. The summed E-state index contributed by atoms with van der Waals surface area (Å²) in [7, 11) is 0. The first kappa shape index (κ1) is 20.1. The van der Waals surface area contributed by atoms with Gasteiger partial charge in [0.1, 0.15) is 5.75 Å². The van der Waals surface area contributed by atoms with Crippen molar-refractivity contribution in [3.8, 4) is 5.75 Å². The van der Waals surface area contributed by atoms with Crippen molar-refractivity contribution in [1.29, 1.82) is 0 Å². The summed E-state index contributed by atoms with van der Waals surface area (Å²) in [5, 5.41) is 13.5. The molecule has 1 heterocycles. The van der Waals surface area contributed by atoms with Gasteiger partial charge < -0.3 is 15.0 Å². The van der Waals surface area contributed by atoms with Gasteiger partial charge in [-0.3, -0.25) is 19.7 Å². The van der Waals surface area contributed by atoms with Crippen LogP contribution in [0, 0.1) is 10.1 Å². The molecule has 2 amide bonds. The topological polar surface area (TPSA) is 102 Å². The van der Waals surface area contributed by atoms with Crippen LogP contribution < -0.4 is 15.0 Å². The Bertz CT molecular complexity index is 1140. The fourth-order valence-electron chi connectivity index (χ4n) is 3.43. The van der Waals surface area contributed by atoms with Crippen molar-refractivity contribution in [2.75, 3.05) is 23.4 Å². The van der Waals surface area contributed by atoms with Crippen molar-refractivity contribution in [3.05, 3.63) is 94.0 Å². The average Bonchev–Trinajstić information content (AvgIpc) is 3.22. The molecule has 3 aromatic carbocycles. The van der Waals surface area contributed by atoms with Crippen LogP contribution in [0.15, 0.2) is 72.8 Å². The summed E-state index contributed by atoms with van der Waals surface area (Å²) in [5.41, 5.74) is 3.03. The highest BCUT2D eigenvalue weighted by Gasteiger charge is 2.25. The van der Waals surface area contributed by atoms with Crippen LogP contribution in [0.5, 0.6) is 5.75 Å². The van der Waals surface area contributed by atoms with Crippen LogP contribution in [0.4, 0.5) is 17.1 Å². The molecule has 156 valence electrons. The van der Waals surface area contributed by atoms with Crippen molar-refractivity contribution in [3.63, 3.8) is 0 Å². The van der Waals surface area contributed by atoms with Crippen LogP contribution in [0.3, 0.4) is 0 Å². The van der Waals surface area contributed by atoms with Gasteiger partial charge in [0.2, 0.25) is 0 Å². The van der Waals surface area contributed by atoms with Crippen molar-refractivity contribution >= 4 is 28.9 Å². The Morgan fingerprint density at radius 1 is 1.03 bits per heavy atom. The largest absolute Gasteiger partial charge is 0.484 e. The fourth-order valence-corrected chi connectivity index (χ4v) is 3.43. The van der Waals surface area contributed by atoms with E-state index in [1.54, 1.807) is 29.2 Å².